The number of carboxylic acids is 1. The minimum Gasteiger partial charge on any atom is -0.481 e. The Morgan fingerprint density at radius 2 is 2.00 bits per heavy atom. The summed E-state index contributed by atoms with van der Waals surface area (Å²) in [5, 5.41) is 17.6. The van der Waals surface area contributed by atoms with Crippen molar-refractivity contribution in [1.29, 1.82) is 0 Å². The van der Waals surface area contributed by atoms with E-state index in [1.807, 2.05) is 18.2 Å². The molecule has 148 valence electrons. The molecule has 3 N–H and O–H groups in total. The molecule has 1 aliphatic carbocycles. The van der Waals surface area contributed by atoms with E-state index < -0.39 is 5.97 Å². The van der Waals surface area contributed by atoms with Crippen LogP contribution in [0.4, 0.5) is 0 Å². The monoisotopic (exact) mass is 411 g/mol. The summed E-state index contributed by atoms with van der Waals surface area (Å²) < 4.78 is 5.95. The third kappa shape index (κ3) is 3.29. The number of nitrogens with one attached hydrogen (secondary N) is 2. The van der Waals surface area contributed by atoms with Gasteiger partial charge in [0.2, 0.25) is 0 Å². The van der Waals surface area contributed by atoms with Crippen LogP contribution in [0.5, 0.6) is 6.01 Å². The predicted octanol–water partition coefficient (Wildman–Crippen LogP) is 4.18. The number of ether oxygens (including phenoxy) is 1. The number of carboxylic acid groups (broad SMARTS) is 1. The standard InChI is InChI=1S/C20H18ClN5O3/c21-14-8-16-18(24-17(14)12-2-1-3-15-13(12)9-22-26-15)25-20(23-16)29-11-6-4-10(5-7-11)19(27)28/h1-3,8-11H,4-7H2,(H,22,26)(H,27,28)(H,23,24,25). The number of rotatable bonds is 4. The zero-order valence-electron chi connectivity index (χ0n) is 15.4. The average Bonchev–Trinajstić information content (AvgIpc) is 3.33. The molecule has 0 atom stereocenters. The van der Waals surface area contributed by atoms with Gasteiger partial charge in [-0.3, -0.25) is 9.89 Å². The number of hydrogen-bond acceptors (Lipinski definition) is 5. The van der Waals surface area contributed by atoms with E-state index >= 15 is 0 Å². The van der Waals surface area contributed by atoms with Crippen molar-refractivity contribution in [3.63, 3.8) is 0 Å². The van der Waals surface area contributed by atoms with Crippen molar-refractivity contribution in [2.45, 2.75) is 31.8 Å². The van der Waals surface area contributed by atoms with Crippen molar-refractivity contribution in [2.75, 3.05) is 0 Å². The molecule has 1 aliphatic rings. The van der Waals surface area contributed by atoms with Crippen molar-refractivity contribution in [2.24, 2.45) is 5.92 Å². The fraction of sp³-hybridized carbons (Fsp3) is 0.300. The van der Waals surface area contributed by atoms with E-state index in [-0.39, 0.29) is 12.0 Å². The molecule has 1 aromatic carbocycles. The molecular formula is C20H18ClN5O3. The summed E-state index contributed by atoms with van der Waals surface area (Å²) in [6, 6.07) is 7.98. The molecule has 0 aliphatic heterocycles. The SMILES string of the molecule is O=C(O)C1CCC(Oc2nc3nc(-c4cccc5[nH]ncc45)c(Cl)cc3[nH]2)CC1. The molecule has 0 radical (unpaired) electrons. The fourth-order valence-corrected chi connectivity index (χ4v) is 4.15. The minimum atomic E-state index is -0.730. The fourth-order valence-electron chi connectivity index (χ4n) is 3.90. The lowest BCUT2D eigenvalue weighted by molar-refractivity contribution is -0.143. The van der Waals surface area contributed by atoms with Crippen LogP contribution in [0.3, 0.4) is 0 Å². The highest BCUT2D eigenvalue weighted by Crippen LogP contribution is 2.34. The molecule has 1 saturated carbocycles. The number of aliphatic carboxylic acids is 1. The summed E-state index contributed by atoms with van der Waals surface area (Å²) in [7, 11) is 0. The Morgan fingerprint density at radius 1 is 1.17 bits per heavy atom. The summed E-state index contributed by atoms with van der Waals surface area (Å²) in [6.45, 7) is 0. The zero-order chi connectivity index (χ0) is 20.0. The van der Waals surface area contributed by atoms with Gasteiger partial charge in [0.05, 0.1) is 33.9 Å². The first kappa shape index (κ1) is 17.9. The van der Waals surface area contributed by atoms with E-state index in [0.717, 1.165) is 16.5 Å². The molecule has 9 heteroatoms. The Hall–Kier alpha value is -3.13. The van der Waals surface area contributed by atoms with Gasteiger partial charge in [0.1, 0.15) is 6.10 Å². The molecule has 0 spiro atoms. The number of benzene rings is 1. The molecular weight excluding hydrogens is 394 g/mol. The van der Waals surface area contributed by atoms with Crippen LogP contribution in [0.2, 0.25) is 5.02 Å². The predicted molar refractivity (Wildman–Crippen MR) is 108 cm³/mol. The topological polar surface area (TPSA) is 117 Å². The van der Waals surface area contributed by atoms with E-state index in [2.05, 4.69) is 25.1 Å². The summed E-state index contributed by atoms with van der Waals surface area (Å²) in [4.78, 5) is 23.3. The van der Waals surface area contributed by atoms with Gasteiger partial charge in [-0.15, -0.1) is 0 Å². The normalized spacial score (nSPS) is 19.6. The molecule has 0 amide bonds. The van der Waals surface area contributed by atoms with E-state index in [4.69, 9.17) is 21.4 Å². The van der Waals surface area contributed by atoms with Gasteiger partial charge < -0.3 is 14.8 Å². The van der Waals surface area contributed by atoms with Crippen molar-refractivity contribution in [3.8, 4) is 17.3 Å². The van der Waals surface area contributed by atoms with E-state index in [1.54, 1.807) is 12.3 Å². The van der Waals surface area contributed by atoms with Crippen LogP contribution in [-0.4, -0.2) is 42.3 Å². The van der Waals surface area contributed by atoms with E-state index in [9.17, 15) is 4.79 Å². The number of aromatic nitrogens is 5. The Kier molecular flexibility index (Phi) is 4.35. The molecule has 8 nitrogen and oxygen atoms in total. The van der Waals surface area contributed by atoms with Gasteiger partial charge in [-0.05, 0) is 37.8 Å². The number of pyridine rings is 1. The van der Waals surface area contributed by atoms with Gasteiger partial charge in [-0.2, -0.15) is 10.1 Å². The van der Waals surface area contributed by atoms with Gasteiger partial charge >= 0.3 is 5.97 Å². The summed E-state index contributed by atoms with van der Waals surface area (Å²) in [5.41, 5.74) is 3.61. The molecule has 29 heavy (non-hydrogen) atoms. The quantitative estimate of drug-likeness (QED) is 0.463. The Balaban J connectivity index is 1.43. The lowest BCUT2D eigenvalue weighted by Crippen LogP contribution is -2.28. The number of halogens is 1. The maximum atomic E-state index is 11.1. The molecule has 5 rings (SSSR count). The van der Waals surface area contributed by atoms with Crippen LogP contribution in [0, 0.1) is 5.92 Å². The highest BCUT2D eigenvalue weighted by molar-refractivity contribution is 6.34. The number of carbonyl (C=O) groups is 1. The van der Waals surface area contributed by atoms with Crippen LogP contribution in [0.1, 0.15) is 25.7 Å². The molecule has 1 fully saturated rings. The summed E-state index contributed by atoms with van der Waals surface area (Å²) in [6.07, 6.45) is 4.30. The van der Waals surface area contributed by atoms with Crippen LogP contribution >= 0.6 is 11.6 Å². The lowest BCUT2D eigenvalue weighted by Gasteiger charge is -2.25. The largest absolute Gasteiger partial charge is 0.481 e. The first-order chi connectivity index (χ1) is 14.1. The third-order valence-corrected chi connectivity index (χ3v) is 5.73. The molecule has 0 saturated heterocycles. The maximum Gasteiger partial charge on any atom is 0.306 e. The highest BCUT2D eigenvalue weighted by atomic mass is 35.5. The Bertz CT molecular complexity index is 1210. The van der Waals surface area contributed by atoms with Gasteiger partial charge in [-0.25, -0.2) is 4.98 Å². The van der Waals surface area contributed by atoms with Crippen molar-refractivity contribution in [1.82, 2.24) is 25.1 Å². The van der Waals surface area contributed by atoms with Crippen molar-refractivity contribution in [3.05, 3.63) is 35.5 Å². The van der Waals surface area contributed by atoms with Crippen LogP contribution in [-0.2, 0) is 4.79 Å². The number of imidazole rings is 1. The molecule has 0 bridgehead atoms. The highest BCUT2D eigenvalue weighted by Gasteiger charge is 2.27. The summed E-state index contributed by atoms with van der Waals surface area (Å²) >= 11 is 6.51. The number of nitrogens with zero attached hydrogens (tertiary/aromatic N) is 3. The molecule has 3 heterocycles. The average molecular weight is 412 g/mol. The molecule has 3 aromatic heterocycles. The van der Waals surface area contributed by atoms with Crippen LogP contribution in [0.25, 0.3) is 33.3 Å². The first-order valence-electron chi connectivity index (χ1n) is 9.46. The van der Waals surface area contributed by atoms with Crippen LogP contribution < -0.4 is 4.74 Å². The van der Waals surface area contributed by atoms with Gasteiger partial charge in [-0.1, -0.05) is 23.7 Å². The number of H-pyrrole nitrogens is 2. The van der Waals surface area contributed by atoms with Crippen LogP contribution in [0.15, 0.2) is 30.5 Å². The van der Waals surface area contributed by atoms with Gasteiger partial charge in [0.25, 0.3) is 6.01 Å². The number of aromatic amines is 2. The Morgan fingerprint density at radius 3 is 2.79 bits per heavy atom. The van der Waals surface area contributed by atoms with Gasteiger partial charge in [0.15, 0.2) is 5.65 Å². The third-order valence-electron chi connectivity index (χ3n) is 5.45. The molecule has 0 unspecified atom stereocenters. The molecule has 4 aromatic rings. The van der Waals surface area contributed by atoms with Crippen molar-refractivity contribution < 1.29 is 14.6 Å². The Labute approximate surface area is 170 Å². The van der Waals surface area contributed by atoms with E-state index in [0.29, 0.717) is 53.6 Å². The first-order valence-corrected chi connectivity index (χ1v) is 9.84. The van der Waals surface area contributed by atoms with Gasteiger partial charge in [0, 0.05) is 10.9 Å². The maximum absolute atomic E-state index is 11.1. The second kappa shape index (κ2) is 7.04. The van der Waals surface area contributed by atoms with Crippen molar-refractivity contribution >= 4 is 39.6 Å². The minimum absolute atomic E-state index is 0.0548. The number of hydrogen-bond donors (Lipinski definition) is 3. The summed E-state index contributed by atoms with van der Waals surface area (Å²) in [5.74, 6) is -1.01. The zero-order valence-corrected chi connectivity index (χ0v) is 16.1. The smallest absolute Gasteiger partial charge is 0.306 e. The number of fused-ring (bicyclic) bond motifs is 2. The second-order valence-corrected chi connectivity index (χ2v) is 7.71. The van der Waals surface area contributed by atoms with E-state index in [1.165, 1.54) is 0 Å². The second-order valence-electron chi connectivity index (χ2n) is 7.30. The lowest BCUT2D eigenvalue weighted by atomic mass is 9.87.